The van der Waals surface area contributed by atoms with Crippen molar-refractivity contribution in [1.82, 2.24) is 0 Å². The van der Waals surface area contributed by atoms with E-state index in [1.54, 1.807) is 12.1 Å². The number of ether oxygens (including phenoxy) is 2. The molecule has 0 aromatic heterocycles. The van der Waals surface area contributed by atoms with Crippen molar-refractivity contribution in [1.29, 1.82) is 0 Å². The molecule has 6 aromatic carbocycles. The topological polar surface area (TPSA) is 117 Å². The molecule has 0 unspecified atom stereocenters. The first-order valence-corrected chi connectivity index (χ1v) is 27.1. The molecule has 388 valence electrons. The van der Waals surface area contributed by atoms with Crippen molar-refractivity contribution in [3.63, 3.8) is 0 Å². The van der Waals surface area contributed by atoms with E-state index in [-0.39, 0.29) is 28.4 Å². The number of nitrogens with one attached hydrogen (secondary N) is 2. The normalized spacial score (nSPS) is 18.6. The molecule has 0 saturated heterocycles. The molecule has 3 aliphatic rings. The lowest BCUT2D eigenvalue weighted by molar-refractivity contribution is -0.136. The van der Waals surface area contributed by atoms with Gasteiger partial charge in [0.25, 0.3) is 0 Å². The maximum atomic E-state index is 15.3. The van der Waals surface area contributed by atoms with Gasteiger partial charge in [-0.1, -0.05) is 114 Å². The number of fused-ring (bicyclic) bond motifs is 2. The molecular weight excluding hydrogens is 938 g/mol. The molecule has 0 aliphatic heterocycles. The Bertz CT molecular complexity index is 2920. The Labute approximate surface area is 433 Å². The Morgan fingerprint density at radius 3 is 1.42 bits per heavy atom. The van der Waals surface area contributed by atoms with Crippen molar-refractivity contribution >= 4 is 34.3 Å². The smallest absolute Gasteiger partial charge is 0.418 e. The molecule has 8 nitrogen and oxygen atoms in total. The fourth-order valence-corrected chi connectivity index (χ4v) is 11.5. The number of phenols is 2. The van der Waals surface area contributed by atoms with Gasteiger partial charge in [-0.05, 0) is 153 Å². The van der Waals surface area contributed by atoms with Crippen molar-refractivity contribution < 1.29 is 42.4 Å². The first kappa shape index (κ1) is 52.1. The zero-order chi connectivity index (χ0) is 51.9. The van der Waals surface area contributed by atoms with Crippen molar-refractivity contribution in [2.75, 3.05) is 10.6 Å². The van der Waals surface area contributed by atoms with E-state index in [9.17, 15) is 23.4 Å². The van der Waals surface area contributed by atoms with Gasteiger partial charge >= 0.3 is 6.18 Å². The lowest BCUT2D eigenvalue weighted by Crippen LogP contribution is -2.24. The third-order valence-electron chi connectivity index (χ3n) is 15.8. The maximum absolute atomic E-state index is 15.3. The van der Waals surface area contributed by atoms with E-state index < -0.39 is 57.2 Å². The standard InChI is InChI=1S/C63H69F3N2O6/c1-4-7-12-39-17-23-42(24-18-39)44-27-33-47(34-28-44)73-53-37-51(67-46-31-21-41(22-32-46)14-9-6-3)55-57(59(53)69)62(72)56-52(68-50-16-11-10-15-49(50)63(64,65)66)38-54(60(70)58(56)61(55)71)74-48-35-29-45(30-36-48)43-25-19-40(20-26-43)13-8-5-2/h10-11,15-16,21-22,27-40,42-43,67-70H,4-9,12-14,17-20,23-26H2,1-3H3. The molecule has 0 atom stereocenters. The number of phenolic OH excluding ortho intramolecular Hbond substituents is 2. The van der Waals surface area contributed by atoms with Crippen molar-refractivity contribution in [2.24, 2.45) is 11.8 Å². The van der Waals surface area contributed by atoms with Gasteiger partial charge < -0.3 is 30.3 Å². The predicted molar refractivity (Wildman–Crippen MR) is 288 cm³/mol. The molecule has 0 radical (unpaired) electrons. The highest BCUT2D eigenvalue weighted by molar-refractivity contribution is 6.34. The Hall–Kier alpha value is -6.75. The lowest BCUT2D eigenvalue weighted by atomic mass is 9.77. The third kappa shape index (κ3) is 11.6. The van der Waals surface area contributed by atoms with Gasteiger partial charge in [0.2, 0.25) is 11.6 Å². The Balaban J connectivity index is 1.09. The van der Waals surface area contributed by atoms with E-state index in [0.717, 1.165) is 74.0 Å². The van der Waals surface area contributed by atoms with E-state index in [1.165, 1.54) is 100 Å². The van der Waals surface area contributed by atoms with E-state index in [1.807, 2.05) is 60.7 Å². The Kier molecular flexibility index (Phi) is 16.3. The summed E-state index contributed by atoms with van der Waals surface area (Å²) in [5.74, 6) is -0.491. The monoisotopic (exact) mass is 1010 g/mol. The zero-order valence-electron chi connectivity index (χ0n) is 42.9. The third-order valence-corrected chi connectivity index (χ3v) is 15.8. The number of rotatable bonds is 19. The van der Waals surface area contributed by atoms with Gasteiger partial charge in [-0.25, -0.2) is 0 Å². The SMILES string of the molecule is CCCCc1ccc(Nc2cc(Oc3ccc(C4CCC(CCCC)CC4)cc3)c(O)c3c2C(=O)c2c(O)c(Oc4ccc(C5CCC(CCCC)CC5)cc4)cc(Nc4ccccc4C(F)(F)F)c2C3=O)cc1. The molecule has 2 fully saturated rings. The predicted octanol–water partition coefficient (Wildman–Crippen LogP) is 18.2. The molecule has 0 bridgehead atoms. The highest BCUT2D eigenvalue weighted by atomic mass is 19.4. The lowest BCUT2D eigenvalue weighted by Gasteiger charge is -2.29. The van der Waals surface area contributed by atoms with Gasteiger partial charge in [-0.15, -0.1) is 0 Å². The van der Waals surface area contributed by atoms with Crippen LogP contribution in [0.15, 0.2) is 109 Å². The summed E-state index contributed by atoms with van der Waals surface area (Å²) in [5, 5.41) is 30.5. The van der Waals surface area contributed by atoms with Crippen LogP contribution in [0.1, 0.15) is 189 Å². The Morgan fingerprint density at radius 1 is 0.527 bits per heavy atom. The van der Waals surface area contributed by atoms with Gasteiger partial charge in [0.1, 0.15) is 11.5 Å². The van der Waals surface area contributed by atoms with Gasteiger partial charge in [0.05, 0.1) is 44.9 Å². The number of carbonyl (C=O) groups is 2. The highest BCUT2D eigenvalue weighted by Crippen LogP contribution is 2.52. The minimum atomic E-state index is -4.80. The second-order valence-electron chi connectivity index (χ2n) is 20.9. The minimum Gasteiger partial charge on any atom is -0.504 e. The summed E-state index contributed by atoms with van der Waals surface area (Å²) >= 11 is 0. The number of para-hydroxylation sites is 1. The van der Waals surface area contributed by atoms with Gasteiger partial charge in [-0.3, -0.25) is 9.59 Å². The van der Waals surface area contributed by atoms with Crippen LogP contribution in [0.5, 0.6) is 34.5 Å². The summed E-state index contributed by atoms with van der Waals surface area (Å²) in [5.41, 5.74) is 0.852. The fourth-order valence-electron chi connectivity index (χ4n) is 11.5. The number of anilines is 4. The number of unbranched alkanes of at least 4 members (excludes halogenated alkanes) is 3. The van der Waals surface area contributed by atoms with Gasteiger partial charge in [-0.2, -0.15) is 13.2 Å². The molecule has 11 heteroatoms. The van der Waals surface area contributed by atoms with Crippen LogP contribution in [-0.2, 0) is 12.6 Å². The largest absolute Gasteiger partial charge is 0.504 e. The van der Waals surface area contributed by atoms with Crippen LogP contribution >= 0.6 is 0 Å². The fraction of sp³-hybridized carbons (Fsp3) is 0.397. The number of alkyl halides is 3. The molecule has 2 saturated carbocycles. The number of hydrogen-bond acceptors (Lipinski definition) is 8. The number of carbonyl (C=O) groups excluding carboxylic acids is 2. The average molecular weight is 1010 g/mol. The van der Waals surface area contributed by atoms with Crippen LogP contribution in [0, 0.1) is 11.8 Å². The van der Waals surface area contributed by atoms with E-state index >= 15 is 9.59 Å². The van der Waals surface area contributed by atoms with Crippen LogP contribution < -0.4 is 20.1 Å². The number of hydrogen-bond donors (Lipinski definition) is 4. The van der Waals surface area contributed by atoms with Crippen molar-refractivity contribution in [3.05, 3.63) is 154 Å². The summed E-state index contributed by atoms with van der Waals surface area (Å²) in [6.07, 6.45) is 14.7. The molecule has 0 heterocycles. The van der Waals surface area contributed by atoms with E-state index in [4.69, 9.17) is 9.47 Å². The molecule has 6 aromatic rings. The summed E-state index contributed by atoms with van der Waals surface area (Å²) in [4.78, 5) is 30.6. The summed E-state index contributed by atoms with van der Waals surface area (Å²) in [6, 6.07) is 30.3. The summed E-state index contributed by atoms with van der Waals surface area (Å²) < 4.78 is 56.4. The second kappa shape index (κ2) is 23.2. The zero-order valence-corrected chi connectivity index (χ0v) is 42.9. The number of aryl methyl sites for hydroxylation is 1. The Morgan fingerprint density at radius 2 is 0.973 bits per heavy atom. The number of benzene rings is 6. The number of ketones is 2. The van der Waals surface area contributed by atoms with Crippen LogP contribution in [-0.4, -0.2) is 21.8 Å². The molecule has 0 amide bonds. The molecule has 4 N–H and O–H groups in total. The molecule has 74 heavy (non-hydrogen) atoms. The van der Waals surface area contributed by atoms with E-state index in [0.29, 0.717) is 29.0 Å². The quantitative estimate of drug-likeness (QED) is 0.0592. The van der Waals surface area contributed by atoms with Crippen molar-refractivity contribution in [3.8, 4) is 34.5 Å². The van der Waals surface area contributed by atoms with Crippen LogP contribution in [0.25, 0.3) is 0 Å². The van der Waals surface area contributed by atoms with E-state index in [2.05, 4.69) is 31.4 Å². The first-order chi connectivity index (χ1) is 35.8. The summed E-state index contributed by atoms with van der Waals surface area (Å²) in [6.45, 7) is 6.58. The molecule has 9 rings (SSSR count). The molecule has 0 spiro atoms. The van der Waals surface area contributed by atoms with Crippen LogP contribution in [0.4, 0.5) is 35.9 Å². The molecule has 3 aliphatic carbocycles. The second-order valence-corrected chi connectivity index (χ2v) is 20.9. The summed E-state index contributed by atoms with van der Waals surface area (Å²) in [7, 11) is 0. The highest BCUT2D eigenvalue weighted by Gasteiger charge is 2.42. The molecular formula is C63H69F3N2O6. The van der Waals surface area contributed by atoms with Crippen LogP contribution in [0.3, 0.4) is 0 Å². The maximum Gasteiger partial charge on any atom is 0.418 e. The number of halogens is 3. The van der Waals surface area contributed by atoms with Crippen LogP contribution in [0.2, 0.25) is 0 Å². The minimum absolute atomic E-state index is 0.104. The first-order valence-electron chi connectivity index (χ1n) is 27.1. The number of aromatic hydroxyl groups is 2. The van der Waals surface area contributed by atoms with Gasteiger partial charge in [0, 0.05) is 17.8 Å². The van der Waals surface area contributed by atoms with Crippen molar-refractivity contribution in [2.45, 2.75) is 148 Å². The van der Waals surface area contributed by atoms with Gasteiger partial charge in [0.15, 0.2) is 23.0 Å². The average Bonchev–Trinajstić information content (AvgIpc) is 3.41.